The highest BCUT2D eigenvalue weighted by Crippen LogP contribution is 2.34. The van der Waals surface area contributed by atoms with Crippen LogP contribution in [0.2, 0.25) is 0 Å². The Morgan fingerprint density at radius 2 is 1.26 bits per heavy atom. The summed E-state index contributed by atoms with van der Waals surface area (Å²) in [5.74, 6) is -1.39. The third-order valence-electron chi connectivity index (χ3n) is 5.38. The largest absolute Gasteiger partial charge is 0.504 e. The summed E-state index contributed by atoms with van der Waals surface area (Å²) < 4.78 is 4.77. The fraction of sp³-hybridized carbons (Fsp3) is 0.111. The van der Waals surface area contributed by atoms with Crippen LogP contribution in [0.25, 0.3) is 11.1 Å². The Morgan fingerprint density at radius 3 is 1.71 bits per heavy atom. The summed E-state index contributed by atoms with van der Waals surface area (Å²) in [6.45, 7) is 3.07. The number of carbonyl (C=O) groups is 2. The van der Waals surface area contributed by atoms with Crippen molar-refractivity contribution in [1.29, 1.82) is 0 Å². The number of benzene rings is 2. The molecule has 214 valence electrons. The normalized spacial score (nSPS) is 11.1. The molecule has 2 amide bonds. The van der Waals surface area contributed by atoms with Crippen LogP contribution in [-0.2, 0) is 9.53 Å². The van der Waals surface area contributed by atoms with Crippen molar-refractivity contribution < 1.29 is 24.5 Å². The molecule has 0 saturated carbocycles. The van der Waals surface area contributed by atoms with Crippen LogP contribution in [0.5, 0.6) is 11.5 Å². The molecule has 15 nitrogen and oxygen atoms in total. The minimum absolute atomic E-state index is 0.0245. The number of nitrogens with two attached hydrogens (primary N) is 2. The van der Waals surface area contributed by atoms with E-state index < -0.39 is 12.0 Å². The van der Waals surface area contributed by atoms with Gasteiger partial charge in [-0.05, 0) is 42.3 Å². The van der Waals surface area contributed by atoms with Gasteiger partial charge in [-0.3, -0.25) is 10.1 Å². The molecule has 15 heteroatoms. The summed E-state index contributed by atoms with van der Waals surface area (Å²) in [4.78, 5) is 30.7. The number of carbonyl (C=O) groups excluding carboxylic acids is 2. The molecular formula is C27H26N10O5. The highest BCUT2D eigenvalue weighted by atomic mass is 16.5. The summed E-state index contributed by atoms with van der Waals surface area (Å²) in [5, 5.41) is 41.5. The first-order valence-corrected chi connectivity index (χ1v) is 12.4. The van der Waals surface area contributed by atoms with E-state index in [1.807, 2.05) is 12.1 Å². The summed E-state index contributed by atoms with van der Waals surface area (Å²) in [6.07, 6.45) is -0.783. The Bertz CT molecular complexity index is 1710. The molecule has 4 rings (SSSR count). The lowest BCUT2D eigenvalue weighted by molar-refractivity contribution is -0.114. The van der Waals surface area contributed by atoms with Crippen LogP contribution in [0.1, 0.15) is 13.8 Å². The fourth-order valence-corrected chi connectivity index (χ4v) is 3.51. The van der Waals surface area contributed by atoms with Crippen molar-refractivity contribution in [3.63, 3.8) is 0 Å². The van der Waals surface area contributed by atoms with Crippen molar-refractivity contribution >= 4 is 58.0 Å². The second kappa shape index (κ2) is 12.8. The average Bonchev–Trinajstić information content (AvgIpc) is 2.95. The predicted octanol–water partition coefficient (Wildman–Crippen LogP) is 6.08. The van der Waals surface area contributed by atoms with Gasteiger partial charge in [-0.1, -0.05) is 24.3 Å². The molecule has 0 bridgehead atoms. The average molecular weight is 571 g/mol. The molecule has 4 aromatic rings. The third-order valence-corrected chi connectivity index (χ3v) is 5.38. The van der Waals surface area contributed by atoms with E-state index in [4.69, 9.17) is 16.2 Å². The molecular weight excluding hydrogens is 544 g/mol. The van der Waals surface area contributed by atoms with Crippen molar-refractivity contribution in [3.05, 3.63) is 60.7 Å². The second-order valence-electron chi connectivity index (χ2n) is 8.55. The lowest BCUT2D eigenvalue weighted by Crippen LogP contribution is -2.14. The van der Waals surface area contributed by atoms with Gasteiger partial charge in [0.1, 0.15) is 11.4 Å². The molecule has 0 unspecified atom stereocenters. The van der Waals surface area contributed by atoms with Crippen molar-refractivity contribution in [1.82, 2.24) is 9.97 Å². The number of nitrogens with one attached hydrogen (secondary N) is 2. The number of anilines is 4. The standard InChI is InChI=1S/C27H26N10O5/c1-3-42-27(41)33-26-22(40)13-20(24(29)32-26)37-35-18-9-5-7-16(11-18)15-6-4-8-17(10-15)34-36-19-12-21(39)25(30-14(2)38)31-23(19)28/h4-13,39-40H,3H2,1-2H3,(H3,28,30,31,38)(H3,29,32,33,41). The molecule has 0 fully saturated rings. The molecule has 0 radical (unpaired) electrons. The maximum atomic E-state index is 11.6. The van der Waals surface area contributed by atoms with Gasteiger partial charge in [0, 0.05) is 19.1 Å². The molecule has 2 heterocycles. The van der Waals surface area contributed by atoms with E-state index in [1.54, 1.807) is 43.3 Å². The number of hydrogen-bond acceptors (Lipinski definition) is 13. The minimum Gasteiger partial charge on any atom is -0.504 e. The summed E-state index contributed by atoms with van der Waals surface area (Å²) >= 11 is 0. The number of ether oxygens (including phenoxy) is 1. The van der Waals surface area contributed by atoms with Gasteiger partial charge >= 0.3 is 6.09 Å². The topological polar surface area (TPSA) is 235 Å². The van der Waals surface area contributed by atoms with Crippen LogP contribution in [0.15, 0.2) is 81.1 Å². The maximum Gasteiger partial charge on any atom is 0.412 e. The van der Waals surface area contributed by atoms with Gasteiger partial charge < -0.3 is 31.7 Å². The first-order valence-electron chi connectivity index (χ1n) is 12.4. The molecule has 0 atom stereocenters. The lowest BCUT2D eigenvalue weighted by atomic mass is 10.0. The number of amides is 2. The van der Waals surface area contributed by atoms with Gasteiger partial charge in [-0.15, -0.1) is 10.2 Å². The van der Waals surface area contributed by atoms with E-state index in [1.165, 1.54) is 19.1 Å². The van der Waals surface area contributed by atoms with E-state index in [0.29, 0.717) is 11.4 Å². The summed E-state index contributed by atoms with van der Waals surface area (Å²) in [6, 6.07) is 16.8. The number of aromatic nitrogens is 2. The number of nitrogens with zero attached hydrogens (tertiary/aromatic N) is 6. The Kier molecular flexibility index (Phi) is 8.82. The van der Waals surface area contributed by atoms with Gasteiger partial charge in [0.15, 0.2) is 34.8 Å². The van der Waals surface area contributed by atoms with Crippen LogP contribution in [0.3, 0.4) is 0 Å². The zero-order chi connectivity index (χ0) is 30.2. The van der Waals surface area contributed by atoms with Crippen LogP contribution >= 0.6 is 0 Å². The van der Waals surface area contributed by atoms with Gasteiger partial charge in [0.05, 0.1) is 18.0 Å². The van der Waals surface area contributed by atoms with Crippen molar-refractivity contribution in [2.24, 2.45) is 20.5 Å². The first kappa shape index (κ1) is 28.9. The van der Waals surface area contributed by atoms with E-state index in [9.17, 15) is 19.8 Å². The highest BCUT2D eigenvalue weighted by Gasteiger charge is 2.13. The molecule has 2 aromatic heterocycles. The van der Waals surface area contributed by atoms with Crippen LogP contribution in [0.4, 0.5) is 50.8 Å². The summed E-state index contributed by atoms with van der Waals surface area (Å²) in [7, 11) is 0. The van der Waals surface area contributed by atoms with Crippen LogP contribution in [0, 0.1) is 0 Å². The number of nitrogen functional groups attached to an aromatic ring is 2. The molecule has 0 spiro atoms. The third kappa shape index (κ3) is 7.29. The monoisotopic (exact) mass is 570 g/mol. The maximum absolute atomic E-state index is 11.6. The van der Waals surface area contributed by atoms with Crippen molar-refractivity contribution in [2.75, 3.05) is 28.7 Å². The molecule has 0 aliphatic heterocycles. The molecule has 0 saturated heterocycles. The van der Waals surface area contributed by atoms with E-state index in [-0.39, 0.29) is 52.8 Å². The van der Waals surface area contributed by atoms with Crippen LogP contribution in [-0.4, -0.2) is 38.8 Å². The number of hydrogen-bond donors (Lipinski definition) is 6. The zero-order valence-corrected chi connectivity index (χ0v) is 22.4. The Hall–Kier alpha value is -6.12. The van der Waals surface area contributed by atoms with Gasteiger partial charge in [0.25, 0.3) is 0 Å². The quantitative estimate of drug-likeness (QED) is 0.134. The van der Waals surface area contributed by atoms with E-state index in [0.717, 1.165) is 11.1 Å². The fourth-order valence-electron chi connectivity index (χ4n) is 3.51. The van der Waals surface area contributed by atoms with Gasteiger partial charge in [0.2, 0.25) is 5.91 Å². The Morgan fingerprint density at radius 1 is 0.786 bits per heavy atom. The highest BCUT2D eigenvalue weighted by molar-refractivity contribution is 5.90. The Balaban J connectivity index is 1.52. The summed E-state index contributed by atoms with van der Waals surface area (Å²) in [5.41, 5.74) is 14.6. The smallest absolute Gasteiger partial charge is 0.412 e. The molecule has 2 aromatic carbocycles. The lowest BCUT2D eigenvalue weighted by Gasteiger charge is -2.08. The van der Waals surface area contributed by atoms with E-state index >= 15 is 0 Å². The molecule has 42 heavy (non-hydrogen) atoms. The number of aromatic hydroxyl groups is 2. The zero-order valence-electron chi connectivity index (χ0n) is 22.4. The number of azo groups is 2. The van der Waals surface area contributed by atoms with Gasteiger partial charge in [-0.25, -0.2) is 14.8 Å². The second-order valence-corrected chi connectivity index (χ2v) is 8.55. The Labute approximate surface area is 239 Å². The first-order chi connectivity index (χ1) is 20.1. The van der Waals surface area contributed by atoms with Crippen molar-refractivity contribution in [2.45, 2.75) is 13.8 Å². The minimum atomic E-state index is -0.783. The number of pyridine rings is 2. The molecule has 0 aliphatic rings. The molecule has 0 aliphatic carbocycles. The van der Waals surface area contributed by atoms with Crippen LogP contribution < -0.4 is 22.1 Å². The SMILES string of the molecule is CCOC(=O)Nc1nc(N)c(N=Nc2cccc(-c3cccc(N=Nc4cc(O)c(NC(C)=O)nc4N)c3)c2)cc1O. The number of rotatable bonds is 8. The predicted molar refractivity (Wildman–Crippen MR) is 156 cm³/mol. The van der Waals surface area contributed by atoms with Gasteiger partial charge in [-0.2, -0.15) is 10.2 Å². The van der Waals surface area contributed by atoms with E-state index in [2.05, 4.69) is 41.1 Å². The molecule has 8 N–H and O–H groups in total. The van der Waals surface area contributed by atoms with Crippen molar-refractivity contribution in [3.8, 4) is 22.6 Å².